The number of sulfonamides is 1. The fourth-order valence-electron chi connectivity index (χ4n) is 2.65. The monoisotopic (exact) mass is 370 g/mol. The van der Waals surface area contributed by atoms with Crippen LogP contribution in [0.5, 0.6) is 0 Å². The lowest BCUT2D eigenvalue weighted by atomic mass is 9.99. The van der Waals surface area contributed by atoms with Gasteiger partial charge >= 0.3 is 0 Å². The molecule has 1 fully saturated rings. The molecule has 1 aliphatic heterocycles. The van der Waals surface area contributed by atoms with Crippen LogP contribution >= 0.6 is 22.9 Å². The highest BCUT2D eigenvalue weighted by Gasteiger charge is 2.18. The molecule has 2 aromatic rings. The quantitative estimate of drug-likeness (QED) is 0.865. The van der Waals surface area contributed by atoms with E-state index in [0.717, 1.165) is 36.0 Å². The molecular weight excluding hydrogens is 352 g/mol. The first-order valence-electron chi connectivity index (χ1n) is 7.57. The Morgan fingerprint density at radius 3 is 2.35 bits per heavy atom. The van der Waals surface area contributed by atoms with E-state index in [2.05, 4.69) is 16.5 Å². The predicted octanol–water partition coefficient (Wildman–Crippen LogP) is 4.44. The van der Waals surface area contributed by atoms with Gasteiger partial charge < -0.3 is 4.90 Å². The van der Waals surface area contributed by atoms with Gasteiger partial charge in [-0.25, -0.2) is 8.42 Å². The third-order valence-corrected chi connectivity index (χ3v) is 7.19. The Bertz CT molecular complexity index is 764. The summed E-state index contributed by atoms with van der Waals surface area (Å²) in [5, 5.41) is 0. The predicted molar refractivity (Wildman–Crippen MR) is 97.2 cm³/mol. The minimum Gasteiger partial charge on any atom is -0.372 e. The van der Waals surface area contributed by atoms with Gasteiger partial charge in [-0.15, -0.1) is 11.3 Å². The summed E-state index contributed by atoms with van der Waals surface area (Å²) in [6.07, 6.45) is 2.40. The van der Waals surface area contributed by atoms with E-state index < -0.39 is 10.0 Å². The molecule has 1 aliphatic rings. The molecule has 1 saturated heterocycles. The Labute approximate surface area is 146 Å². The zero-order chi connectivity index (χ0) is 16.4. The van der Waals surface area contributed by atoms with E-state index in [-0.39, 0.29) is 4.21 Å². The molecule has 1 aromatic carbocycles. The second kappa shape index (κ2) is 6.71. The smallest absolute Gasteiger partial charge is 0.271 e. The van der Waals surface area contributed by atoms with E-state index in [9.17, 15) is 8.42 Å². The van der Waals surface area contributed by atoms with Gasteiger partial charge in [-0.1, -0.05) is 18.5 Å². The van der Waals surface area contributed by atoms with Gasteiger partial charge in [0.2, 0.25) is 0 Å². The van der Waals surface area contributed by atoms with Gasteiger partial charge in [0, 0.05) is 24.5 Å². The topological polar surface area (TPSA) is 49.4 Å². The zero-order valence-corrected chi connectivity index (χ0v) is 15.2. The van der Waals surface area contributed by atoms with Gasteiger partial charge in [0.25, 0.3) is 10.0 Å². The van der Waals surface area contributed by atoms with Crippen molar-refractivity contribution in [3.05, 3.63) is 40.7 Å². The van der Waals surface area contributed by atoms with E-state index in [1.54, 1.807) is 18.2 Å². The van der Waals surface area contributed by atoms with Crippen LogP contribution in [0.3, 0.4) is 0 Å². The second-order valence-corrected chi connectivity index (χ2v) is 9.50. The molecular formula is C16H19ClN2O2S2. The van der Waals surface area contributed by atoms with Crippen LogP contribution < -0.4 is 9.62 Å². The normalized spacial score (nSPS) is 16.5. The summed E-state index contributed by atoms with van der Waals surface area (Å²) in [5.41, 5.74) is 1.70. The van der Waals surface area contributed by atoms with Crippen molar-refractivity contribution in [3.63, 3.8) is 0 Å². The molecule has 1 N–H and O–H groups in total. The van der Waals surface area contributed by atoms with Crippen LogP contribution in [-0.2, 0) is 10.0 Å². The van der Waals surface area contributed by atoms with Crippen molar-refractivity contribution >= 4 is 44.3 Å². The number of thiophene rings is 1. The first kappa shape index (κ1) is 16.6. The average Bonchev–Trinajstić information content (AvgIpc) is 2.96. The molecule has 7 heteroatoms. The van der Waals surface area contributed by atoms with Gasteiger partial charge in [-0.3, -0.25) is 4.72 Å². The molecule has 0 atom stereocenters. The van der Waals surface area contributed by atoms with Gasteiger partial charge in [0.1, 0.15) is 4.21 Å². The Balaban J connectivity index is 1.70. The molecule has 0 radical (unpaired) electrons. The number of hydrogen-bond acceptors (Lipinski definition) is 4. The standard InChI is InChI=1S/C16H19ClN2O2S2/c1-12-8-10-19(11-9-12)14-4-2-13(3-5-14)18-23(20,21)16-7-6-15(17)22-16/h2-7,12,18H,8-11H2,1H3. The van der Waals surface area contributed by atoms with Crippen LogP contribution in [0.1, 0.15) is 19.8 Å². The lowest BCUT2D eigenvalue weighted by molar-refractivity contribution is 0.438. The van der Waals surface area contributed by atoms with Crippen LogP contribution in [0.15, 0.2) is 40.6 Å². The van der Waals surface area contributed by atoms with Crippen molar-refractivity contribution in [2.45, 2.75) is 24.0 Å². The SMILES string of the molecule is CC1CCN(c2ccc(NS(=O)(=O)c3ccc(Cl)s3)cc2)CC1. The Hall–Kier alpha value is -1.24. The van der Waals surface area contributed by atoms with Crippen LogP contribution in [0.25, 0.3) is 0 Å². The fourth-order valence-corrected chi connectivity index (χ4v) is 5.20. The largest absolute Gasteiger partial charge is 0.372 e. The second-order valence-electron chi connectivity index (χ2n) is 5.88. The fraction of sp³-hybridized carbons (Fsp3) is 0.375. The summed E-state index contributed by atoms with van der Waals surface area (Å²) < 4.78 is 27.8. The summed E-state index contributed by atoms with van der Waals surface area (Å²) in [5.74, 6) is 0.787. The highest BCUT2D eigenvalue weighted by molar-refractivity contribution is 7.94. The summed E-state index contributed by atoms with van der Waals surface area (Å²) >= 11 is 6.85. The van der Waals surface area contributed by atoms with E-state index in [4.69, 9.17) is 11.6 Å². The lowest BCUT2D eigenvalue weighted by Gasteiger charge is -2.32. The number of piperidine rings is 1. The van der Waals surface area contributed by atoms with Crippen molar-refractivity contribution in [2.24, 2.45) is 5.92 Å². The van der Waals surface area contributed by atoms with E-state index >= 15 is 0 Å². The molecule has 0 amide bonds. The Morgan fingerprint density at radius 2 is 1.78 bits per heavy atom. The average molecular weight is 371 g/mol. The molecule has 4 nitrogen and oxygen atoms in total. The number of benzene rings is 1. The van der Waals surface area contributed by atoms with E-state index in [0.29, 0.717) is 10.0 Å². The minimum atomic E-state index is -3.57. The summed E-state index contributed by atoms with van der Waals surface area (Å²) in [4.78, 5) is 2.34. The molecule has 124 valence electrons. The zero-order valence-electron chi connectivity index (χ0n) is 12.8. The highest BCUT2D eigenvalue weighted by Crippen LogP contribution is 2.28. The molecule has 3 rings (SSSR count). The summed E-state index contributed by atoms with van der Waals surface area (Å²) in [6.45, 7) is 4.39. The molecule has 0 spiro atoms. The maximum absolute atomic E-state index is 12.3. The molecule has 0 aliphatic carbocycles. The number of rotatable bonds is 4. The first-order chi connectivity index (χ1) is 10.9. The van der Waals surface area contributed by atoms with Crippen LogP contribution in [-0.4, -0.2) is 21.5 Å². The molecule has 0 saturated carbocycles. The van der Waals surface area contributed by atoms with Crippen LogP contribution in [0.4, 0.5) is 11.4 Å². The third-order valence-electron chi connectivity index (χ3n) is 4.08. The van der Waals surface area contributed by atoms with Crippen LogP contribution in [0, 0.1) is 5.92 Å². The van der Waals surface area contributed by atoms with Gasteiger partial charge in [0.05, 0.1) is 4.34 Å². The highest BCUT2D eigenvalue weighted by atomic mass is 35.5. The van der Waals surface area contributed by atoms with Gasteiger partial charge in [-0.05, 0) is 55.2 Å². The Kier molecular flexibility index (Phi) is 4.85. The van der Waals surface area contributed by atoms with Crippen molar-refractivity contribution < 1.29 is 8.42 Å². The van der Waals surface area contributed by atoms with E-state index in [1.165, 1.54) is 18.9 Å². The molecule has 2 heterocycles. The Morgan fingerprint density at radius 1 is 1.13 bits per heavy atom. The number of nitrogens with one attached hydrogen (secondary N) is 1. The van der Waals surface area contributed by atoms with Crippen molar-refractivity contribution in [3.8, 4) is 0 Å². The van der Waals surface area contributed by atoms with Crippen molar-refractivity contribution in [1.29, 1.82) is 0 Å². The van der Waals surface area contributed by atoms with Crippen molar-refractivity contribution in [2.75, 3.05) is 22.7 Å². The van der Waals surface area contributed by atoms with E-state index in [1.807, 2.05) is 12.1 Å². The summed E-state index contributed by atoms with van der Waals surface area (Å²) in [7, 11) is -3.57. The third kappa shape index (κ3) is 4.00. The lowest BCUT2D eigenvalue weighted by Crippen LogP contribution is -2.32. The molecule has 0 bridgehead atoms. The number of anilines is 2. The summed E-state index contributed by atoms with van der Waals surface area (Å²) in [6, 6.07) is 10.6. The maximum Gasteiger partial charge on any atom is 0.271 e. The van der Waals surface area contributed by atoms with Gasteiger partial charge in [-0.2, -0.15) is 0 Å². The molecule has 1 aromatic heterocycles. The number of nitrogens with zero attached hydrogens (tertiary/aromatic N) is 1. The van der Waals surface area contributed by atoms with Crippen molar-refractivity contribution in [1.82, 2.24) is 0 Å². The molecule has 23 heavy (non-hydrogen) atoms. The maximum atomic E-state index is 12.3. The number of halogens is 1. The molecule has 0 unspecified atom stereocenters. The van der Waals surface area contributed by atoms with Crippen LogP contribution in [0.2, 0.25) is 4.34 Å². The minimum absolute atomic E-state index is 0.219. The first-order valence-corrected chi connectivity index (χ1v) is 10.2. The van der Waals surface area contributed by atoms with Gasteiger partial charge in [0.15, 0.2) is 0 Å². The number of hydrogen-bond donors (Lipinski definition) is 1.